The molecule has 2 rings (SSSR count). The van der Waals surface area contributed by atoms with Gasteiger partial charge in [-0.15, -0.1) is 0 Å². The number of amides is 1. The molecule has 7 heteroatoms. The lowest BCUT2D eigenvalue weighted by atomic mass is 10.1. The third-order valence-electron chi connectivity index (χ3n) is 3.23. The number of hydrogen-bond donors (Lipinski definition) is 2. The summed E-state index contributed by atoms with van der Waals surface area (Å²) in [7, 11) is 0. The number of halogens is 2. The molecule has 0 saturated heterocycles. The van der Waals surface area contributed by atoms with Crippen LogP contribution in [-0.4, -0.2) is 24.2 Å². The number of carbonyl (C=O) groups is 1. The third-order valence-corrected chi connectivity index (χ3v) is 3.54. The molecule has 0 aliphatic carbocycles. The monoisotopic (exact) mass is 348 g/mol. The van der Waals surface area contributed by atoms with Crippen molar-refractivity contribution in [3.8, 4) is 11.8 Å². The average molecular weight is 349 g/mol. The fourth-order valence-corrected chi connectivity index (χ4v) is 2.15. The van der Waals surface area contributed by atoms with Crippen molar-refractivity contribution in [2.75, 3.05) is 13.2 Å². The molecule has 1 amide bonds. The molecule has 0 bridgehead atoms. The highest BCUT2D eigenvalue weighted by atomic mass is 35.5. The molecule has 1 atom stereocenters. The van der Waals surface area contributed by atoms with Gasteiger partial charge in [0.1, 0.15) is 17.6 Å². The molecule has 2 aromatic rings. The first-order valence-corrected chi connectivity index (χ1v) is 7.40. The molecular formula is C17H14ClFN2O3. The van der Waals surface area contributed by atoms with Gasteiger partial charge in [-0.2, -0.15) is 5.26 Å². The van der Waals surface area contributed by atoms with Gasteiger partial charge in [-0.3, -0.25) is 4.79 Å². The maximum absolute atomic E-state index is 13.5. The number of aliphatic hydroxyl groups excluding tert-OH is 1. The Labute approximate surface area is 143 Å². The summed E-state index contributed by atoms with van der Waals surface area (Å²) in [5.41, 5.74) is 0.689. The lowest BCUT2D eigenvalue weighted by Crippen LogP contribution is -2.34. The zero-order valence-electron chi connectivity index (χ0n) is 12.5. The molecule has 0 aromatic heterocycles. The molecule has 2 aromatic carbocycles. The number of nitrogens with one attached hydrogen (secondary N) is 1. The van der Waals surface area contributed by atoms with Crippen molar-refractivity contribution in [1.82, 2.24) is 5.32 Å². The van der Waals surface area contributed by atoms with E-state index in [4.69, 9.17) is 21.6 Å². The van der Waals surface area contributed by atoms with Crippen LogP contribution in [0.5, 0.6) is 5.75 Å². The average Bonchev–Trinajstić information content (AvgIpc) is 2.60. The Morgan fingerprint density at radius 1 is 1.38 bits per heavy atom. The van der Waals surface area contributed by atoms with Crippen molar-refractivity contribution in [2.45, 2.75) is 6.04 Å². The van der Waals surface area contributed by atoms with Crippen LogP contribution in [0.15, 0.2) is 42.5 Å². The van der Waals surface area contributed by atoms with E-state index >= 15 is 0 Å². The van der Waals surface area contributed by atoms with E-state index in [1.165, 1.54) is 12.1 Å². The van der Waals surface area contributed by atoms with Gasteiger partial charge in [0, 0.05) is 0 Å². The summed E-state index contributed by atoms with van der Waals surface area (Å²) in [5.74, 6) is -0.869. The van der Waals surface area contributed by atoms with Crippen LogP contribution < -0.4 is 10.1 Å². The van der Waals surface area contributed by atoms with Crippen molar-refractivity contribution < 1.29 is 19.0 Å². The minimum atomic E-state index is -0.793. The number of aliphatic hydroxyl groups is 1. The van der Waals surface area contributed by atoms with Crippen molar-refractivity contribution >= 4 is 17.5 Å². The number of ether oxygens (including phenoxy) is 1. The van der Waals surface area contributed by atoms with E-state index in [0.717, 1.165) is 6.07 Å². The van der Waals surface area contributed by atoms with E-state index < -0.39 is 24.4 Å². The van der Waals surface area contributed by atoms with Gasteiger partial charge in [-0.05, 0) is 29.8 Å². The van der Waals surface area contributed by atoms with Crippen molar-refractivity contribution in [1.29, 1.82) is 5.26 Å². The van der Waals surface area contributed by atoms with Gasteiger partial charge < -0.3 is 15.2 Å². The number of benzene rings is 2. The van der Waals surface area contributed by atoms with Crippen LogP contribution >= 0.6 is 11.6 Å². The second-order valence-electron chi connectivity index (χ2n) is 4.87. The summed E-state index contributed by atoms with van der Waals surface area (Å²) in [4.78, 5) is 12.0. The Morgan fingerprint density at radius 2 is 2.12 bits per heavy atom. The smallest absolute Gasteiger partial charge is 0.258 e. The maximum Gasteiger partial charge on any atom is 0.258 e. The van der Waals surface area contributed by atoms with Crippen molar-refractivity contribution in [3.63, 3.8) is 0 Å². The van der Waals surface area contributed by atoms with Gasteiger partial charge in [-0.25, -0.2) is 4.39 Å². The summed E-state index contributed by atoms with van der Waals surface area (Å²) in [5, 5.41) is 20.8. The number of nitriles is 1. The zero-order valence-corrected chi connectivity index (χ0v) is 13.3. The Balaban J connectivity index is 1.99. The molecule has 1 unspecified atom stereocenters. The van der Waals surface area contributed by atoms with Crippen molar-refractivity contribution in [2.24, 2.45) is 0 Å². The molecule has 24 heavy (non-hydrogen) atoms. The summed E-state index contributed by atoms with van der Waals surface area (Å²) in [6.45, 7) is -0.757. The highest BCUT2D eigenvalue weighted by Crippen LogP contribution is 2.20. The summed E-state index contributed by atoms with van der Waals surface area (Å²) in [6.07, 6.45) is 0. The van der Waals surface area contributed by atoms with Crippen LogP contribution in [-0.2, 0) is 4.79 Å². The minimum absolute atomic E-state index is 0.0433. The Morgan fingerprint density at radius 3 is 2.79 bits per heavy atom. The summed E-state index contributed by atoms with van der Waals surface area (Å²) in [6, 6.07) is 11.7. The zero-order chi connectivity index (χ0) is 17.5. The van der Waals surface area contributed by atoms with E-state index in [2.05, 4.69) is 5.32 Å². The fourth-order valence-electron chi connectivity index (χ4n) is 2.03. The first-order chi connectivity index (χ1) is 11.5. The number of hydrogen-bond acceptors (Lipinski definition) is 4. The standard InChI is InChI=1S/C17H14ClFN2O3/c18-13-6-5-11(7-14(13)19)15(9-22)21-17(23)10-24-16-4-2-1-3-12(16)8-20/h1-7,15,22H,9-10H2,(H,21,23). The molecule has 0 aliphatic rings. The highest BCUT2D eigenvalue weighted by Gasteiger charge is 2.16. The van der Waals surface area contributed by atoms with Crippen molar-refractivity contribution in [3.05, 3.63) is 64.4 Å². The third kappa shape index (κ3) is 4.44. The van der Waals surface area contributed by atoms with Crippen LogP contribution in [0.25, 0.3) is 0 Å². The maximum atomic E-state index is 13.5. The topological polar surface area (TPSA) is 82.3 Å². The molecule has 0 aliphatic heterocycles. The van der Waals surface area contributed by atoms with E-state index in [1.807, 2.05) is 6.07 Å². The SMILES string of the molecule is N#Cc1ccccc1OCC(=O)NC(CO)c1ccc(Cl)c(F)c1. The fraction of sp³-hybridized carbons (Fsp3) is 0.176. The molecule has 5 nitrogen and oxygen atoms in total. The van der Waals surface area contributed by atoms with Gasteiger partial charge >= 0.3 is 0 Å². The number of rotatable bonds is 6. The Hall–Kier alpha value is -2.62. The molecule has 0 spiro atoms. The van der Waals surface area contributed by atoms with Crippen LogP contribution in [0.4, 0.5) is 4.39 Å². The van der Waals surface area contributed by atoms with Gasteiger partial charge in [0.05, 0.1) is 23.2 Å². The molecule has 2 N–H and O–H groups in total. The van der Waals surface area contributed by atoms with Gasteiger partial charge in [0.25, 0.3) is 5.91 Å². The number of para-hydroxylation sites is 1. The van der Waals surface area contributed by atoms with E-state index in [-0.39, 0.29) is 17.4 Å². The van der Waals surface area contributed by atoms with E-state index in [1.54, 1.807) is 24.3 Å². The first kappa shape index (κ1) is 17.7. The van der Waals surface area contributed by atoms with Gasteiger partial charge in [0.2, 0.25) is 0 Å². The van der Waals surface area contributed by atoms with Gasteiger partial charge in [0.15, 0.2) is 6.61 Å². The lowest BCUT2D eigenvalue weighted by molar-refractivity contribution is -0.124. The molecule has 0 fully saturated rings. The van der Waals surface area contributed by atoms with E-state index in [9.17, 15) is 14.3 Å². The predicted molar refractivity (Wildman–Crippen MR) is 86.0 cm³/mol. The van der Waals surface area contributed by atoms with Crippen LogP contribution in [0.3, 0.4) is 0 Å². The second-order valence-corrected chi connectivity index (χ2v) is 5.28. The van der Waals surface area contributed by atoms with Gasteiger partial charge in [-0.1, -0.05) is 29.8 Å². The number of nitrogens with zero attached hydrogens (tertiary/aromatic N) is 1. The normalized spacial score (nSPS) is 11.4. The number of carbonyl (C=O) groups excluding carboxylic acids is 1. The molecule has 0 heterocycles. The Bertz CT molecular complexity index is 777. The van der Waals surface area contributed by atoms with E-state index in [0.29, 0.717) is 11.1 Å². The largest absolute Gasteiger partial charge is 0.482 e. The minimum Gasteiger partial charge on any atom is -0.482 e. The summed E-state index contributed by atoms with van der Waals surface area (Å²) >= 11 is 5.61. The molecule has 124 valence electrons. The molecule has 0 saturated carbocycles. The lowest BCUT2D eigenvalue weighted by Gasteiger charge is -2.17. The molecule has 0 radical (unpaired) electrons. The quantitative estimate of drug-likeness (QED) is 0.840. The molecular weight excluding hydrogens is 335 g/mol. The second kappa shape index (κ2) is 8.29. The first-order valence-electron chi connectivity index (χ1n) is 7.02. The highest BCUT2D eigenvalue weighted by molar-refractivity contribution is 6.30. The van der Waals surface area contributed by atoms with Crippen LogP contribution in [0, 0.1) is 17.1 Å². The summed E-state index contributed by atoms with van der Waals surface area (Å²) < 4.78 is 18.8. The predicted octanol–water partition coefficient (Wildman–Crippen LogP) is 2.58. The Kier molecular flexibility index (Phi) is 6.13. The van der Waals surface area contributed by atoms with Crippen LogP contribution in [0.2, 0.25) is 5.02 Å². The van der Waals surface area contributed by atoms with Crippen LogP contribution in [0.1, 0.15) is 17.2 Å².